The van der Waals surface area contributed by atoms with E-state index in [4.69, 9.17) is 17.2 Å². The maximum absolute atomic E-state index is 4.90. The molecular formula is C3H11N3S2. The van der Waals surface area contributed by atoms with Gasteiger partial charge in [0.25, 0.3) is 0 Å². The van der Waals surface area contributed by atoms with E-state index < -0.39 is 0 Å². The molecule has 0 bridgehead atoms. The van der Waals surface area contributed by atoms with Gasteiger partial charge in [-0.3, -0.25) is 0 Å². The number of hydrogen-bond acceptors (Lipinski definition) is 3. The van der Waals surface area contributed by atoms with Crippen LogP contribution in [0.2, 0.25) is 0 Å². The highest BCUT2D eigenvalue weighted by Crippen LogP contribution is 1.63. The molecule has 0 radical (unpaired) electrons. The predicted octanol–water partition coefficient (Wildman–Crippen LogP) is -0.936. The van der Waals surface area contributed by atoms with Gasteiger partial charge in [-0.25, -0.2) is 0 Å². The summed E-state index contributed by atoms with van der Waals surface area (Å²) in [4.78, 5) is 0. The fourth-order valence-electron chi connectivity index (χ4n) is 0. The standard InChI is InChI=1S/C2H8N2.CH3NS2/c3-1-2-4;2-1(3)4/h1-4H2;(H3,2,3,4). The van der Waals surface area contributed by atoms with E-state index in [1.54, 1.807) is 0 Å². The third-order valence-corrected chi connectivity index (χ3v) is 0.167. The Kier molecular flexibility index (Phi) is 14.1. The van der Waals surface area contributed by atoms with E-state index in [0.717, 1.165) is 0 Å². The zero-order valence-electron chi connectivity index (χ0n) is 4.50. The summed E-state index contributed by atoms with van der Waals surface area (Å²) in [5, 5.41) is 0. The van der Waals surface area contributed by atoms with E-state index in [0.29, 0.717) is 13.1 Å². The summed E-state index contributed by atoms with van der Waals surface area (Å²) < 4.78 is 0.194. The molecule has 0 aliphatic heterocycles. The minimum absolute atomic E-state index is 0.194. The molecule has 0 spiro atoms. The van der Waals surface area contributed by atoms with Crippen LogP contribution in [0.4, 0.5) is 0 Å². The van der Waals surface area contributed by atoms with Crippen LogP contribution in [0.5, 0.6) is 0 Å². The van der Waals surface area contributed by atoms with Crippen LogP contribution in [0, 0.1) is 0 Å². The van der Waals surface area contributed by atoms with Gasteiger partial charge in [0.05, 0.1) is 0 Å². The first-order valence-corrected chi connectivity index (χ1v) is 2.89. The minimum atomic E-state index is 0.194. The number of rotatable bonds is 1. The zero-order valence-corrected chi connectivity index (χ0v) is 6.21. The molecule has 0 atom stereocenters. The van der Waals surface area contributed by atoms with Gasteiger partial charge >= 0.3 is 0 Å². The van der Waals surface area contributed by atoms with Gasteiger partial charge in [0, 0.05) is 13.1 Å². The molecule has 0 rings (SSSR count). The van der Waals surface area contributed by atoms with Crippen molar-refractivity contribution in [3.05, 3.63) is 0 Å². The Labute approximate surface area is 60.0 Å². The number of nitrogens with two attached hydrogens (primary N) is 3. The van der Waals surface area contributed by atoms with Crippen LogP contribution in [0.25, 0.3) is 0 Å². The molecule has 3 nitrogen and oxygen atoms in total. The third-order valence-electron chi connectivity index (χ3n) is 0.167. The van der Waals surface area contributed by atoms with Crippen LogP contribution in [0.1, 0.15) is 0 Å². The largest absolute Gasteiger partial charge is 0.385 e. The number of thiocarbonyl (C=S) groups is 1. The minimum Gasteiger partial charge on any atom is -0.385 e. The van der Waals surface area contributed by atoms with E-state index in [1.807, 2.05) is 0 Å². The number of hydrogen-bond donors (Lipinski definition) is 4. The van der Waals surface area contributed by atoms with Crippen molar-refractivity contribution >= 4 is 29.2 Å². The molecule has 0 aliphatic rings. The molecule has 0 unspecified atom stereocenters. The van der Waals surface area contributed by atoms with Crippen LogP contribution in [0.3, 0.4) is 0 Å². The van der Waals surface area contributed by atoms with E-state index >= 15 is 0 Å². The van der Waals surface area contributed by atoms with Gasteiger partial charge in [0.2, 0.25) is 0 Å². The van der Waals surface area contributed by atoms with Crippen LogP contribution in [-0.4, -0.2) is 17.4 Å². The van der Waals surface area contributed by atoms with E-state index in [9.17, 15) is 0 Å². The summed E-state index contributed by atoms with van der Waals surface area (Å²) in [6.45, 7) is 1.19. The molecule has 0 aromatic carbocycles. The average molecular weight is 153 g/mol. The van der Waals surface area contributed by atoms with Crippen molar-refractivity contribution in [1.29, 1.82) is 0 Å². The smallest absolute Gasteiger partial charge is 0.128 e. The van der Waals surface area contributed by atoms with Crippen molar-refractivity contribution < 1.29 is 0 Å². The van der Waals surface area contributed by atoms with E-state index in [2.05, 4.69) is 24.8 Å². The topological polar surface area (TPSA) is 78.1 Å². The molecule has 50 valence electrons. The summed E-state index contributed by atoms with van der Waals surface area (Å²) in [5.74, 6) is 0. The Morgan fingerprint density at radius 3 is 1.50 bits per heavy atom. The predicted molar refractivity (Wildman–Crippen MR) is 43.9 cm³/mol. The van der Waals surface area contributed by atoms with Crippen molar-refractivity contribution in [3.8, 4) is 0 Å². The maximum Gasteiger partial charge on any atom is 0.128 e. The van der Waals surface area contributed by atoms with Gasteiger partial charge < -0.3 is 17.2 Å². The average Bonchev–Trinajstić information content (AvgIpc) is 1.65. The van der Waals surface area contributed by atoms with Crippen molar-refractivity contribution in [2.24, 2.45) is 17.2 Å². The lowest BCUT2D eigenvalue weighted by molar-refractivity contribution is 0.976. The fourth-order valence-corrected chi connectivity index (χ4v) is 0. The summed E-state index contributed by atoms with van der Waals surface area (Å²) in [7, 11) is 0. The Morgan fingerprint density at radius 1 is 1.38 bits per heavy atom. The Bertz CT molecular complexity index is 50.5. The molecule has 0 aromatic heterocycles. The molecule has 0 fully saturated rings. The number of thiol groups is 1. The Hall–Kier alpha value is 0.160. The molecule has 0 aliphatic carbocycles. The molecular weight excluding hydrogens is 142 g/mol. The molecule has 0 aromatic rings. The Balaban J connectivity index is 0. The van der Waals surface area contributed by atoms with Gasteiger partial charge in [-0.2, -0.15) is 0 Å². The van der Waals surface area contributed by atoms with Crippen molar-refractivity contribution in [1.82, 2.24) is 0 Å². The second-order valence-electron chi connectivity index (χ2n) is 0.916. The molecule has 6 N–H and O–H groups in total. The highest BCUT2D eigenvalue weighted by molar-refractivity contribution is 8.10. The first-order chi connectivity index (χ1) is 3.65. The summed E-state index contributed by atoms with van der Waals surface area (Å²) >= 11 is 7.65. The lowest BCUT2D eigenvalue weighted by Crippen LogP contribution is -2.11. The molecule has 0 heterocycles. The lowest BCUT2D eigenvalue weighted by Gasteiger charge is -1.72. The van der Waals surface area contributed by atoms with Crippen molar-refractivity contribution in [2.45, 2.75) is 0 Å². The highest BCUT2D eigenvalue weighted by Gasteiger charge is 1.56. The lowest BCUT2D eigenvalue weighted by atomic mass is 10.7. The van der Waals surface area contributed by atoms with E-state index in [1.165, 1.54) is 0 Å². The van der Waals surface area contributed by atoms with Gasteiger partial charge in [0.15, 0.2) is 0 Å². The summed E-state index contributed by atoms with van der Waals surface area (Å²) in [5.41, 5.74) is 14.5. The van der Waals surface area contributed by atoms with Gasteiger partial charge in [-0.15, -0.1) is 12.6 Å². The summed E-state index contributed by atoms with van der Waals surface area (Å²) in [6.07, 6.45) is 0. The molecule has 0 amide bonds. The third kappa shape index (κ3) is 122. The van der Waals surface area contributed by atoms with E-state index in [-0.39, 0.29) is 4.32 Å². The fraction of sp³-hybridized carbons (Fsp3) is 0.667. The van der Waals surface area contributed by atoms with Crippen LogP contribution in [0.15, 0.2) is 0 Å². The quantitative estimate of drug-likeness (QED) is 0.290. The van der Waals surface area contributed by atoms with Crippen molar-refractivity contribution in [2.75, 3.05) is 13.1 Å². The van der Waals surface area contributed by atoms with Crippen molar-refractivity contribution in [3.63, 3.8) is 0 Å². The highest BCUT2D eigenvalue weighted by atomic mass is 32.1. The van der Waals surface area contributed by atoms with Crippen LogP contribution in [-0.2, 0) is 0 Å². The normalized spacial score (nSPS) is 6.88. The Morgan fingerprint density at radius 2 is 1.50 bits per heavy atom. The van der Waals surface area contributed by atoms with Gasteiger partial charge in [0.1, 0.15) is 4.32 Å². The maximum atomic E-state index is 4.90. The van der Waals surface area contributed by atoms with Crippen LogP contribution < -0.4 is 17.2 Å². The monoisotopic (exact) mass is 153 g/mol. The van der Waals surface area contributed by atoms with Gasteiger partial charge in [-0.1, -0.05) is 12.2 Å². The second-order valence-corrected chi connectivity index (χ2v) is 2.14. The first-order valence-electron chi connectivity index (χ1n) is 2.03. The van der Waals surface area contributed by atoms with Gasteiger partial charge in [-0.05, 0) is 0 Å². The van der Waals surface area contributed by atoms with Crippen LogP contribution >= 0.6 is 24.8 Å². The second kappa shape index (κ2) is 10.2. The molecule has 8 heavy (non-hydrogen) atoms. The zero-order chi connectivity index (χ0) is 6.99. The molecule has 0 saturated carbocycles. The SMILES string of the molecule is NC(=S)S.NCCN. The summed E-state index contributed by atoms with van der Waals surface area (Å²) in [6, 6.07) is 0. The first kappa shape index (κ1) is 11.0. The molecule has 0 saturated heterocycles. The molecule has 5 heteroatoms.